The number of aliphatic carboxylic acids is 1. The van der Waals surface area contributed by atoms with Gasteiger partial charge in [0, 0.05) is 12.1 Å². The van der Waals surface area contributed by atoms with E-state index in [1.807, 2.05) is 0 Å². The smallest absolute Gasteiger partial charge is 0.323 e. The van der Waals surface area contributed by atoms with Crippen LogP contribution in [0.5, 0.6) is 6.01 Å². The summed E-state index contributed by atoms with van der Waals surface area (Å²) in [5, 5.41) is 8.72. The molecular weight excluding hydrogens is 234 g/mol. The third kappa shape index (κ3) is 1.91. The van der Waals surface area contributed by atoms with Crippen molar-refractivity contribution in [3.05, 3.63) is 23.8 Å². The van der Waals surface area contributed by atoms with Crippen LogP contribution in [0.4, 0.5) is 8.78 Å². The number of methoxy groups -OCH3 is 1. The van der Waals surface area contributed by atoms with Crippen LogP contribution in [-0.2, 0) is 11.3 Å². The largest absolute Gasteiger partial charge is 0.480 e. The van der Waals surface area contributed by atoms with Gasteiger partial charge in [0.15, 0.2) is 11.6 Å². The highest BCUT2D eigenvalue weighted by molar-refractivity contribution is 5.79. The van der Waals surface area contributed by atoms with Crippen molar-refractivity contribution in [3.8, 4) is 6.01 Å². The lowest BCUT2D eigenvalue weighted by molar-refractivity contribution is -0.137. The zero-order chi connectivity index (χ0) is 12.6. The third-order valence-electron chi connectivity index (χ3n) is 2.23. The van der Waals surface area contributed by atoms with Gasteiger partial charge in [-0.05, 0) is 0 Å². The van der Waals surface area contributed by atoms with E-state index in [1.54, 1.807) is 0 Å². The number of hydrogen-bond donors (Lipinski definition) is 1. The topological polar surface area (TPSA) is 64.4 Å². The summed E-state index contributed by atoms with van der Waals surface area (Å²) in [5.74, 6) is -3.24. The highest BCUT2D eigenvalue weighted by Crippen LogP contribution is 2.23. The first-order valence-electron chi connectivity index (χ1n) is 4.64. The minimum Gasteiger partial charge on any atom is -0.480 e. The molecule has 2 aromatic rings. The van der Waals surface area contributed by atoms with Crippen molar-refractivity contribution in [3.63, 3.8) is 0 Å². The lowest BCUT2D eigenvalue weighted by Gasteiger charge is -2.03. The van der Waals surface area contributed by atoms with Crippen LogP contribution >= 0.6 is 0 Å². The highest BCUT2D eigenvalue weighted by Gasteiger charge is 2.16. The molecule has 0 bridgehead atoms. The molecule has 90 valence electrons. The molecule has 0 aliphatic carbocycles. The molecule has 0 saturated carbocycles. The van der Waals surface area contributed by atoms with E-state index < -0.39 is 24.1 Å². The molecule has 5 nitrogen and oxygen atoms in total. The number of hydrogen-bond acceptors (Lipinski definition) is 3. The number of rotatable bonds is 3. The van der Waals surface area contributed by atoms with Gasteiger partial charge >= 0.3 is 5.97 Å². The number of ether oxygens (including phenoxy) is 1. The lowest BCUT2D eigenvalue weighted by atomic mass is 10.3. The van der Waals surface area contributed by atoms with E-state index in [9.17, 15) is 13.6 Å². The number of benzene rings is 1. The normalized spacial score (nSPS) is 10.8. The van der Waals surface area contributed by atoms with Crippen LogP contribution in [0.15, 0.2) is 12.1 Å². The fourth-order valence-electron chi connectivity index (χ4n) is 1.54. The Hall–Kier alpha value is -2.18. The molecule has 17 heavy (non-hydrogen) atoms. The molecule has 1 heterocycles. The average Bonchev–Trinajstić information content (AvgIpc) is 2.57. The Morgan fingerprint density at radius 2 is 2.12 bits per heavy atom. The van der Waals surface area contributed by atoms with E-state index in [0.29, 0.717) is 0 Å². The van der Waals surface area contributed by atoms with Gasteiger partial charge in [0.05, 0.1) is 18.1 Å². The molecule has 1 N–H and O–H groups in total. The van der Waals surface area contributed by atoms with Crippen molar-refractivity contribution in [2.45, 2.75) is 6.54 Å². The Labute approximate surface area is 94.2 Å². The second-order valence-electron chi connectivity index (χ2n) is 3.33. The molecule has 1 aromatic heterocycles. The minimum atomic E-state index is -1.13. The Kier molecular flexibility index (Phi) is 2.66. The van der Waals surface area contributed by atoms with Crippen molar-refractivity contribution < 1.29 is 23.4 Å². The maximum atomic E-state index is 13.1. The van der Waals surface area contributed by atoms with Crippen LogP contribution in [0.3, 0.4) is 0 Å². The second kappa shape index (κ2) is 4.00. The summed E-state index contributed by atoms with van der Waals surface area (Å²) in [6.07, 6.45) is 0. The van der Waals surface area contributed by atoms with Crippen molar-refractivity contribution >= 4 is 17.0 Å². The molecule has 0 aliphatic rings. The van der Waals surface area contributed by atoms with Gasteiger partial charge < -0.3 is 9.84 Å². The third-order valence-corrected chi connectivity index (χ3v) is 2.23. The van der Waals surface area contributed by atoms with Crippen LogP contribution in [0.1, 0.15) is 0 Å². The predicted octanol–water partition coefficient (Wildman–Crippen LogP) is 1.41. The van der Waals surface area contributed by atoms with Gasteiger partial charge in [-0.1, -0.05) is 0 Å². The van der Waals surface area contributed by atoms with Gasteiger partial charge in [-0.3, -0.25) is 9.36 Å². The Bertz CT molecular complexity index is 595. The fraction of sp³-hybridized carbons (Fsp3) is 0.200. The molecule has 0 aliphatic heterocycles. The van der Waals surface area contributed by atoms with E-state index in [1.165, 1.54) is 7.11 Å². The maximum absolute atomic E-state index is 13.1. The first-order valence-corrected chi connectivity index (χ1v) is 4.64. The molecule has 0 saturated heterocycles. The molecule has 2 rings (SSSR count). The molecule has 0 fully saturated rings. The van der Waals surface area contributed by atoms with Crippen LogP contribution in [-0.4, -0.2) is 27.7 Å². The molecule has 0 radical (unpaired) electrons. The zero-order valence-electron chi connectivity index (χ0n) is 8.78. The van der Waals surface area contributed by atoms with Gasteiger partial charge in [-0.15, -0.1) is 0 Å². The van der Waals surface area contributed by atoms with Gasteiger partial charge in [0.25, 0.3) is 6.01 Å². The molecule has 1 aromatic carbocycles. The molecule has 0 atom stereocenters. The van der Waals surface area contributed by atoms with E-state index in [2.05, 4.69) is 4.98 Å². The Morgan fingerprint density at radius 3 is 2.71 bits per heavy atom. The van der Waals surface area contributed by atoms with Crippen molar-refractivity contribution in [2.75, 3.05) is 7.11 Å². The average molecular weight is 242 g/mol. The summed E-state index contributed by atoms with van der Waals surface area (Å²) < 4.78 is 32.1. The van der Waals surface area contributed by atoms with E-state index >= 15 is 0 Å². The van der Waals surface area contributed by atoms with E-state index in [4.69, 9.17) is 9.84 Å². The quantitative estimate of drug-likeness (QED) is 0.883. The number of carboxylic acids is 1. The zero-order valence-corrected chi connectivity index (χ0v) is 8.78. The fourth-order valence-corrected chi connectivity index (χ4v) is 1.54. The summed E-state index contributed by atoms with van der Waals surface area (Å²) in [5.41, 5.74) is 0.310. The van der Waals surface area contributed by atoms with Crippen LogP contribution < -0.4 is 4.74 Å². The number of nitrogens with zero attached hydrogens (tertiary/aromatic N) is 2. The first kappa shape index (κ1) is 11.3. The molecule has 7 heteroatoms. The molecule has 0 unspecified atom stereocenters. The Morgan fingerprint density at radius 1 is 1.47 bits per heavy atom. The molecule has 0 spiro atoms. The number of fused-ring (bicyclic) bond motifs is 1. The monoisotopic (exact) mass is 242 g/mol. The van der Waals surface area contributed by atoms with Crippen molar-refractivity contribution in [2.24, 2.45) is 0 Å². The van der Waals surface area contributed by atoms with Gasteiger partial charge in [0.1, 0.15) is 6.54 Å². The SMILES string of the molecule is COc1nc2cc(F)c(F)cc2n1CC(=O)O. The standard InChI is InChI=1S/C10H8F2N2O3/c1-17-10-13-7-2-5(11)6(12)3-8(7)14(10)4-9(15)16/h2-3H,4H2,1H3,(H,15,16). The number of carboxylic acid groups (broad SMARTS) is 1. The predicted molar refractivity (Wildman–Crippen MR) is 53.8 cm³/mol. The number of halogens is 2. The number of aromatic nitrogens is 2. The molecule has 0 amide bonds. The summed E-state index contributed by atoms with van der Waals surface area (Å²) in [6, 6.07) is 1.78. The summed E-state index contributed by atoms with van der Waals surface area (Å²) in [7, 11) is 1.30. The lowest BCUT2D eigenvalue weighted by Crippen LogP contribution is -2.10. The summed E-state index contributed by atoms with van der Waals surface area (Å²) >= 11 is 0. The minimum absolute atomic E-state index is 0.00704. The Balaban J connectivity index is 2.69. The first-order chi connectivity index (χ1) is 8.02. The number of imidazole rings is 1. The highest BCUT2D eigenvalue weighted by atomic mass is 19.2. The van der Waals surface area contributed by atoms with Crippen molar-refractivity contribution in [1.82, 2.24) is 9.55 Å². The van der Waals surface area contributed by atoms with Gasteiger partial charge in [0.2, 0.25) is 0 Å². The van der Waals surface area contributed by atoms with Gasteiger partial charge in [-0.2, -0.15) is 4.98 Å². The van der Waals surface area contributed by atoms with Crippen LogP contribution in [0.25, 0.3) is 11.0 Å². The van der Waals surface area contributed by atoms with E-state index in [-0.39, 0.29) is 17.0 Å². The van der Waals surface area contributed by atoms with Crippen LogP contribution in [0, 0.1) is 11.6 Å². The second-order valence-corrected chi connectivity index (χ2v) is 3.33. The van der Waals surface area contributed by atoms with Crippen LogP contribution in [0.2, 0.25) is 0 Å². The van der Waals surface area contributed by atoms with E-state index in [0.717, 1.165) is 16.7 Å². The van der Waals surface area contributed by atoms with Crippen molar-refractivity contribution in [1.29, 1.82) is 0 Å². The number of carbonyl (C=O) groups is 1. The summed E-state index contributed by atoms with van der Waals surface area (Å²) in [6.45, 7) is -0.440. The molecular formula is C10H8F2N2O3. The summed E-state index contributed by atoms with van der Waals surface area (Å²) in [4.78, 5) is 14.5. The van der Waals surface area contributed by atoms with Gasteiger partial charge in [-0.25, -0.2) is 8.78 Å². The maximum Gasteiger partial charge on any atom is 0.323 e.